The van der Waals surface area contributed by atoms with E-state index in [1.807, 2.05) is 44.2 Å². The monoisotopic (exact) mass is 1120 g/mol. The van der Waals surface area contributed by atoms with Gasteiger partial charge in [-0.25, -0.2) is 0 Å². The Morgan fingerprint density at radius 2 is 0.937 bits per heavy atom. The van der Waals surface area contributed by atoms with Gasteiger partial charge in [-0.05, 0) is 45.9 Å². The van der Waals surface area contributed by atoms with Crippen molar-refractivity contribution in [2.75, 3.05) is 6.54 Å². The highest BCUT2D eigenvalue weighted by Crippen LogP contribution is 2.18. The average Bonchev–Trinajstić information content (AvgIpc) is 3.40. The minimum atomic E-state index is -4.37. The summed E-state index contributed by atoms with van der Waals surface area (Å²) in [4.78, 5) is 132. The predicted octanol–water partition coefficient (Wildman–Crippen LogP) is 0.423. The molecule has 79 heavy (non-hydrogen) atoms. The smallest absolute Gasteiger partial charge is 0.305 e. The normalized spacial score (nSPS) is 13.9. The number of carboxylic acids is 2. The molecule has 14 N–H and O–H groups in total. The van der Waals surface area contributed by atoms with Gasteiger partial charge < -0.3 is 58.9 Å². The van der Waals surface area contributed by atoms with E-state index >= 15 is 0 Å². The largest absolute Gasteiger partial charge is 0.481 e. The number of rotatable bonds is 33. The first kappa shape index (κ1) is 63.2. The van der Waals surface area contributed by atoms with Crippen molar-refractivity contribution >= 4 is 80.1 Å². The number of primary amides is 1. The van der Waals surface area contributed by atoms with E-state index in [1.165, 1.54) is 24.3 Å². The van der Waals surface area contributed by atoms with Crippen LogP contribution >= 0.6 is 0 Å². The van der Waals surface area contributed by atoms with Crippen molar-refractivity contribution in [3.05, 3.63) is 119 Å². The zero-order valence-corrected chi connectivity index (χ0v) is 44.6. The first-order chi connectivity index (χ1) is 37.4. The Morgan fingerprint density at radius 1 is 0.494 bits per heavy atom. The fraction of sp³-hybridized carbons (Fsp3) is 0.407. The second-order valence-corrected chi connectivity index (χ2v) is 20.4. The lowest BCUT2D eigenvalue weighted by Gasteiger charge is -2.26. The lowest BCUT2D eigenvalue weighted by atomic mass is 10.00. The second-order valence-electron chi connectivity index (χ2n) is 19.0. The van der Waals surface area contributed by atoms with Gasteiger partial charge in [-0.15, -0.1) is 0 Å². The number of nitrogens with two attached hydrogens (primary N) is 2. The molecular formula is C54H69N9O15S. The highest BCUT2D eigenvalue weighted by molar-refractivity contribution is 7.85. The molecule has 0 radical (unpaired) electrons. The van der Waals surface area contributed by atoms with Crippen molar-refractivity contribution in [2.45, 2.75) is 133 Å². The van der Waals surface area contributed by atoms with Crippen LogP contribution in [0, 0.1) is 0 Å². The maximum atomic E-state index is 14.4. The SMILES string of the molecule is CCCC[C@H](NC(=O)[C@H](Cc1ccc(CS(=O)(=O)O)cc1)NC(=O)[C@@H](N)CC(=O)O)C(=O)NCC(=O)N[C@@H](Cc1ccc2ccccc2c1)C(=O)N[C@@H](CCCC)C(=O)N[C@@H](CC(=O)O)C(=O)N[C@@H](Cc1ccccc1)C(N)=O. The lowest BCUT2D eigenvalue weighted by Crippen LogP contribution is -2.59. The van der Waals surface area contributed by atoms with Crippen LogP contribution < -0.4 is 48.7 Å². The van der Waals surface area contributed by atoms with Gasteiger partial charge in [0, 0.05) is 19.3 Å². The third-order valence-corrected chi connectivity index (χ3v) is 13.1. The van der Waals surface area contributed by atoms with Crippen LogP contribution in [-0.4, -0.2) is 131 Å². The number of unbranched alkanes of at least 4 members (excludes halogenated alkanes) is 2. The molecule has 0 saturated carbocycles. The van der Waals surface area contributed by atoms with E-state index in [0.717, 1.165) is 10.8 Å². The molecule has 25 heteroatoms. The minimum Gasteiger partial charge on any atom is -0.481 e. The maximum Gasteiger partial charge on any atom is 0.305 e. The summed E-state index contributed by atoms with van der Waals surface area (Å²) in [5, 5.41) is 38.2. The summed E-state index contributed by atoms with van der Waals surface area (Å²) < 4.78 is 32.1. The Morgan fingerprint density at radius 3 is 1.51 bits per heavy atom. The molecule has 0 spiro atoms. The van der Waals surface area contributed by atoms with Crippen LogP contribution in [0.1, 0.15) is 87.5 Å². The number of benzene rings is 4. The van der Waals surface area contributed by atoms with Gasteiger partial charge in [0.2, 0.25) is 47.3 Å². The summed E-state index contributed by atoms with van der Waals surface area (Å²) >= 11 is 0. The van der Waals surface area contributed by atoms with Gasteiger partial charge in [0.25, 0.3) is 10.1 Å². The van der Waals surface area contributed by atoms with Crippen LogP contribution in [0.4, 0.5) is 0 Å². The van der Waals surface area contributed by atoms with Crippen molar-refractivity contribution in [3.8, 4) is 0 Å². The molecule has 0 bridgehead atoms. The highest BCUT2D eigenvalue weighted by Gasteiger charge is 2.34. The fourth-order valence-electron chi connectivity index (χ4n) is 8.23. The van der Waals surface area contributed by atoms with E-state index in [-0.39, 0.29) is 37.7 Å². The number of aliphatic carboxylic acids is 2. The molecule has 7 atom stereocenters. The summed E-state index contributed by atoms with van der Waals surface area (Å²) in [5.41, 5.74) is 13.2. The van der Waals surface area contributed by atoms with Gasteiger partial charge in [-0.2, -0.15) is 8.42 Å². The van der Waals surface area contributed by atoms with Crippen molar-refractivity contribution in [3.63, 3.8) is 0 Å². The van der Waals surface area contributed by atoms with Gasteiger partial charge in [-0.3, -0.25) is 52.5 Å². The van der Waals surface area contributed by atoms with E-state index in [4.69, 9.17) is 11.5 Å². The quantitative estimate of drug-likeness (QED) is 0.0288. The summed E-state index contributed by atoms with van der Waals surface area (Å²) in [6.07, 6.45) is -0.188. The first-order valence-corrected chi connectivity index (χ1v) is 27.2. The average molecular weight is 1120 g/mol. The molecule has 0 saturated heterocycles. The molecule has 0 aromatic heterocycles. The van der Waals surface area contributed by atoms with Gasteiger partial charge in [0.15, 0.2) is 0 Å². The number of amides is 8. The van der Waals surface area contributed by atoms with E-state index < -0.39 is 137 Å². The summed E-state index contributed by atoms with van der Waals surface area (Å²) in [6, 6.07) is 16.8. The molecular weight excluding hydrogens is 1050 g/mol. The lowest BCUT2D eigenvalue weighted by molar-refractivity contribution is -0.141. The third kappa shape index (κ3) is 22.3. The Labute approximate surface area is 456 Å². The topological polar surface area (TPSA) is 402 Å². The molecule has 0 heterocycles. The van der Waals surface area contributed by atoms with Crippen molar-refractivity contribution in [1.82, 2.24) is 37.2 Å². The molecule has 8 amide bonds. The van der Waals surface area contributed by atoms with Crippen LogP contribution in [0.3, 0.4) is 0 Å². The van der Waals surface area contributed by atoms with Gasteiger partial charge in [0.05, 0.1) is 25.4 Å². The van der Waals surface area contributed by atoms with Crippen molar-refractivity contribution < 1.29 is 71.1 Å². The molecule has 426 valence electrons. The molecule has 4 aromatic rings. The zero-order chi connectivity index (χ0) is 58.2. The van der Waals surface area contributed by atoms with E-state index in [2.05, 4.69) is 37.2 Å². The molecule has 4 aromatic carbocycles. The van der Waals surface area contributed by atoms with Gasteiger partial charge in [-0.1, -0.05) is 137 Å². The number of carbonyl (C=O) groups is 10. The number of fused-ring (bicyclic) bond motifs is 1. The van der Waals surface area contributed by atoms with Crippen LogP contribution in [-0.2, 0) is 83.1 Å². The number of hydrogen-bond donors (Lipinski definition) is 12. The molecule has 24 nitrogen and oxygen atoms in total. The Bertz CT molecular complexity index is 2910. The zero-order valence-electron chi connectivity index (χ0n) is 43.8. The fourth-order valence-corrected chi connectivity index (χ4v) is 8.85. The van der Waals surface area contributed by atoms with Crippen molar-refractivity contribution in [1.29, 1.82) is 0 Å². The van der Waals surface area contributed by atoms with Crippen LogP contribution in [0.15, 0.2) is 97.1 Å². The van der Waals surface area contributed by atoms with Gasteiger partial charge >= 0.3 is 11.9 Å². The number of carbonyl (C=O) groups excluding carboxylic acids is 8. The first-order valence-electron chi connectivity index (χ1n) is 25.6. The standard InChI is InChI=1S/C54H69N9O15S/c1-3-5-16-39(59-53(74)43(62-49(70)38(55)28-46(65)66)26-33-18-20-34(21-19-33)31-79(76,77)78)50(71)57-30-45(64)58-42(27-35-22-23-36-14-10-11-15-37(36)24-35)52(73)60-40(17-6-4-2)51(72)63-44(29-47(67)68)54(75)61-41(48(56)69)25-32-12-8-7-9-13-32/h7-15,18-24,38-44H,3-6,16-17,25-31,55H2,1-2H3,(H2,56,69)(H,57,71)(H,58,64)(H,59,74)(H,60,73)(H,61,75)(H,62,70)(H,63,72)(H,65,66)(H,67,68)(H,76,77,78)/t38-,39-,40-,41-,42-,43-,44-/m0/s1. The van der Waals surface area contributed by atoms with Crippen molar-refractivity contribution in [2.24, 2.45) is 11.5 Å². The Balaban J connectivity index is 1.55. The van der Waals surface area contributed by atoms with E-state index in [1.54, 1.807) is 42.5 Å². The third-order valence-electron chi connectivity index (χ3n) is 12.4. The molecule has 0 aliphatic carbocycles. The predicted molar refractivity (Wildman–Crippen MR) is 289 cm³/mol. The summed E-state index contributed by atoms with van der Waals surface area (Å²) in [6.45, 7) is 2.90. The summed E-state index contributed by atoms with van der Waals surface area (Å²) in [5.74, 6) is -10.9. The molecule has 0 fully saturated rings. The minimum absolute atomic E-state index is 0.00791. The molecule has 0 unspecified atom stereocenters. The maximum absolute atomic E-state index is 14.4. The molecule has 0 aliphatic rings. The second kappa shape index (κ2) is 31.2. The van der Waals surface area contributed by atoms with E-state index in [9.17, 15) is 71.1 Å². The highest BCUT2D eigenvalue weighted by atomic mass is 32.2. The molecule has 4 rings (SSSR count). The number of nitrogens with one attached hydrogen (secondary N) is 7. The van der Waals surface area contributed by atoms with Gasteiger partial charge in [0.1, 0.15) is 42.0 Å². The van der Waals surface area contributed by atoms with Crippen LogP contribution in [0.25, 0.3) is 10.8 Å². The van der Waals surface area contributed by atoms with Crippen LogP contribution in [0.5, 0.6) is 0 Å². The van der Waals surface area contributed by atoms with Crippen LogP contribution in [0.2, 0.25) is 0 Å². The number of carboxylic acid groups (broad SMARTS) is 2. The Hall–Kier alpha value is -8.29. The Kier molecular flexibility index (Phi) is 25.0. The summed E-state index contributed by atoms with van der Waals surface area (Å²) in [7, 11) is -4.37. The van der Waals surface area contributed by atoms with E-state index in [0.29, 0.717) is 42.4 Å². The number of hydrogen-bond acceptors (Lipinski definition) is 13. The molecule has 0 aliphatic heterocycles.